The molecule has 1 N–H and O–H groups in total. The Bertz CT molecular complexity index is 321. The summed E-state index contributed by atoms with van der Waals surface area (Å²) in [6.45, 7) is 4.11. The van der Waals surface area contributed by atoms with Crippen LogP contribution in [-0.2, 0) is 11.2 Å². The maximum atomic E-state index is 5.23. The van der Waals surface area contributed by atoms with Gasteiger partial charge < -0.3 is 14.6 Å². The minimum Gasteiger partial charge on any atom is -0.374 e. The molecule has 0 radical (unpaired) electrons. The van der Waals surface area contributed by atoms with E-state index in [9.17, 15) is 0 Å². The van der Waals surface area contributed by atoms with E-state index in [1.807, 2.05) is 6.92 Å². The van der Waals surface area contributed by atoms with Gasteiger partial charge in [0.05, 0.1) is 0 Å². The van der Waals surface area contributed by atoms with Gasteiger partial charge in [-0.15, -0.1) is 0 Å². The molecule has 1 fully saturated rings. The lowest BCUT2D eigenvalue weighted by Crippen LogP contribution is -2.28. The Labute approximate surface area is 95.6 Å². The maximum absolute atomic E-state index is 5.23. The first-order chi connectivity index (χ1) is 7.79. The lowest BCUT2D eigenvalue weighted by atomic mass is 9.95. The molecule has 1 aromatic heterocycles. The van der Waals surface area contributed by atoms with Crippen molar-refractivity contribution in [2.45, 2.75) is 32.3 Å². The first kappa shape index (κ1) is 11.5. The topological polar surface area (TPSA) is 60.2 Å². The molecule has 0 bridgehead atoms. The lowest BCUT2D eigenvalue weighted by molar-refractivity contribution is 0.109. The van der Waals surface area contributed by atoms with E-state index >= 15 is 0 Å². The van der Waals surface area contributed by atoms with Gasteiger partial charge in [-0.3, -0.25) is 0 Å². The molecule has 5 nitrogen and oxygen atoms in total. The molecule has 5 heteroatoms. The normalized spacial score (nSPS) is 19.9. The molecule has 1 atom stereocenters. The van der Waals surface area contributed by atoms with Gasteiger partial charge in [0.2, 0.25) is 5.89 Å². The summed E-state index contributed by atoms with van der Waals surface area (Å²) in [6, 6.07) is 0. The highest BCUT2D eigenvalue weighted by Gasteiger charge is 2.18. The zero-order chi connectivity index (χ0) is 11.4. The van der Waals surface area contributed by atoms with Crippen LogP contribution in [0.15, 0.2) is 4.52 Å². The first-order valence-electron chi connectivity index (χ1n) is 5.85. The van der Waals surface area contributed by atoms with E-state index in [4.69, 9.17) is 9.26 Å². The third kappa shape index (κ3) is 2.80. The first-order valence-corrected chi connectivity index (χ1v) is 5.85. The number of rotatable bonds is 4. The summed E-state index contributed by atoms with van der Waals surface area (Å²) in [7, 11) is 1.65. The summed E-state index contributed by atoms with van der Waals surface area (Å²) < 4.78 is 10.4. The van der Waals surface area contributed by atoms with Crippen molar-refractivity contribution in [1.82, 2.24) is 15.5 Å². The number of aromatic nitrogens is 2. The van der Waals surface area contributed by atoms with E-state index in [2.05, 4.69) is 15.5 Å². The average Bonchev–Trinajstić information content (AvgIpc) is 2.78. The molecule has 0 spiro atoms. The second-order valence-electron chi connectivity index (χ2n) is 4.32. The van der Waals surface area contributed by atoms with Crippen LogP contribution in [0.25, 0.3) is 0 Å². The summed E-state index contributed by atoms with van der Waals surface area (Å²) in [5, 5.41) is 7.27. The highest BCUT2D eigenvalue weighted by molar-refractivity contribution is 4.91. The van der Waals surface area contributed by atoms with Crippen molar-refractivity contribution in [3.8, 4) is 0 Å². The van der Waals surface area contributed by atoms with Crippen molar-refractivity contribution in [2.24, 2.45) is 5.92 Å². The second kappa shape index (κ2) is 5.41. The van der Waals surface area contributed by atoms with Crippen LogP contribution >= 0.6 is 0 Å². The molecule has 2 heterocycles. The van der Waals surface area contributed by atoms with Crippen LogP contribution in [0.4, 0.5) is 0 Å². The van der Waals surface area contributed by atoms with Crippen LogP contribution < -0.4 is 5.32 Å². The van der Waals surface area contributed by atoms with Gasteiger partial charge in [-0.05, 0) is 38.8 Å². The van der Waals surface area contributed by atoms with E-state index in [1.54, 1.807) is 7.11 Å². The van der Waals surface area contributed by atoms with Crippen molar-refractivity contribution in [3.63, 3.8) is 0 Å². The van der Waals surface area contributed by atoms with Gasteiger partial charge >= 0.3 is 0 Å². The van der Waals surface area contributed by atoms with E-state index in [1.165, 1.54) is 12.8 Å². The fourth-order valence-corrected chi connectivity index (χ4v) is 1.95. The maximum Gasteiger partial charge on any atom is 0.227 e. The molecule has 0 amide bonds. The molecule has 16 heavy (non-hydrogen) atoms. The Morgan fingerprint density at radius 3 is 2.94 bits per heavy atom. The minimum absolute atomic E-state index is 0.0921. The van der Waals surface area contributed by atoms with Gasteiger partial charge in [0.1, 0.15) is 6.10 Å². The van der Waals surface area contributed by atoms with E-state index in [0.717, 1.165) is 25.4 Å². The Balaban J connectivity index is 1.91. The Kier molecular flexibility index (Phi) is 3.90. The fourth-order valence-electron chi connectivity index (χ4n) is 1.95. The van der Waals surface area contributed by atoms with Gasteiger partial charge in [0, 0.05) is 13.5 Å². The van der Waals surface area contributed by atoms with Crippen LogP contribution in [-0.4, -0.2) is 30.3 Å². The van der Waals surface area contributed by atoms with Gasteiger partial charge in [-0.1, -0.05) is 5.16 Å². The third-order valence-electron chi connectivity index (χ3n) is 3.12. The predicted octanol–water partition coefficient (Wildman–Crippen LogP) is 1.32. The second-order valence-corrected chi connectivity index (χ2v) is 4.32. The van der Waals surface area contributed by atoms with Gasteiger partial charge in [0.25, 0.3) is 0 Å². The Morgan fingerprint density at radius 1 is 1.50 bits per heavy atom. The van der Waals surface area contributed by atoms with Gasteiger partial charge in [-0.2, -0.15) is 4.98 Å². The minimum atomic E-state index is -0.0921. The molecule has 0 aromatic carbocycles. The Hall–Kier alpha value is -0.940. The zero-order valence-electron chi connectivity index (χ0n) is 9.90. The SMILES string of the molecule is COC(C)c1noc(CC2CCNCC2)n1. The van der Waals surface area contributed by atoms with E-state index in [0.29, 0.717) is 11.7 Å². The van der Waals surface area contributed by atoms with Crippen molar-refractivity contribution >= 4 is 0 Å². The van der Waals surface area contributed by atoms with Crippen LogP contribution in [0.5, 0.6) is 0 Å². The van der Waals surface area contributed by atoms with Crippen LogP contribution in [0, 0.1) is 5.92 Å². The van der Waals surface area contributed by atoms with Gasteiger partial charge in [-0.25, -0.2) is 0 Å². The largest absolute Gasteiger partial charge is 0.374 e. The summed E-state index contributed by atoms with van der Waals surface area (Å²) in [6.07, 6.45) is 3.19. The number of methoxy groups -OCH3 is 1. The molecule has 2 rings (SSSR count). The average molecular weight is 225 g/mol. The standard InChI is InChI=1S/C11H19N3O2/c1-8(15-2)11-13-10(16-14-11)7-9-3-5-12-6-4-9/h8-9,12H,3-7H2,1-2H3. The monoisotopic (exact) mass is 225 g/mol. The van der Waals surface area contributed by atoms with Crippen LogP contribution in [0.1, 0.15) is 37.6 Å². The number of hydrogen-bond acceptors (Lipinski definition) is 5. The molecular formula is C11H19N3O2. The molecular weight excluding hydrogens is 206 g/mol. The number of ether oxygens (including phenoxy) is 1. The number of nitrogens with one attached hydrogen (secondary N) is 1. The molecule has 1 saturated heterocycles. The molecule has 1 aliphatic heterocycles. The van der Waals surface area contributed by atoms with Crippen molar-refractivity contribution < 1.29 is 9.26 Å². The van der Waals surface area contributed by atoms with Gasteiger partial charge in [0.15, 0.2) is 5.82 Å². The predicted molar refractivity (Wildman–Crippen MR) is 59.0 cm³/mol. The smallest absolute Gasteiger partial charge is 0.227 e. The third-order valence-corrected chi connectivity index (χ3v) is 3.12. The van der Waals surface area contributed by atoms with Crippen LogP contribution in [0.2, 0.25) is 0 Å². The molecule has 1 unspecified atom stereocenters. The van der Waals surface area contributed by atoms with Crippen molar-refractivity contribution in [2.75, 3.05) is 20.2 Å². The number of piperidine rings is 1. The summed E-state index contributed by atoms with van der Waals surface area (Å²) >= 11 is 0. The fraction of sp³-hybridized carbons (Fsp3) is 0.818. The summed E-state index contributed by atoms with van der Waals surface area (Å²) in [4.78, 5) is 4.35. The molecule has 0 saturated carbocycles. The van der Waals surface area contributed by atoms with Crippen molar-refractivity contribution in [3.05, 3.63) is 11.7 Å². The summed E-state index contributed by atoms with van der Waals surface area (Å²) in [5.74, 6) is 2.06. The van der Waals surface area contributed by atoms with E-state index in [-0.39, 0.29) is 6.10 Å². The number of hydrogen-bond donors (Lipinski definition) is 1. The van der Waals surface area contributed by atoms with E-state index < -0.39 is 0 Å². The quantitative estimate of drug-likeness (QED) is 0.837. The highest BCUT2D eigenvalue weighted by atomic mass is 16.5. The zero-order valence-corrected chi connectivity index (χ0v) is 9.90. The molecule has 1 aromatic rings. The molecule has 0 aliphatic carbocycles. The molecule has 90 valence electrons. The lowest BCUT2D eigenvalue weighted by Gasteiger charge is -2.20. The van der Waals surface area contributed by atoms with Crippen LogP contribution in [0.3, 0.4) is 0 Å². The highest BCUT2D eigenvalue weighted by Crippen LogP contribution is 2.18. The Morgan fingerprint density at radius 2 is 2.25 bits per heavy atom. The number of nitrogens with zero attached hydrogens (tertiary/aromatic N) is 2. The van der Waals surface area contributed by atoms with Crippen molar-refractivity contribution in [1.29, 1.82) is 0 Å². The molecule has 1 aliphatic rings. The summed E-state index contributed by atoms with van der Waals surface area (Å²) in [5.41, 5.74) is 0.